The SMILES string of the molecule is O=C1CN(NC(=O)CCc2ncc(-c3ccc(Cl)cc3Cl)o2)C(=O)N1. The van der Waals surface area contributed by atoms with Crippen LogP contribution in [0.4, 0.5) is 4.79 Å². The molecule has 0 unspecified atom stereocenters. The Morgan fingerprint density at radius 3 is 2.84 bits per heavy atom. The molecular formula is C15H12Cl2N4O4. The zero-order valence-corrected chi connectivity index (χ0v) is 14.2. The number of oxazole rings is 1. The van der Waals surface area contributed by atoms with E-state index in [-0.39, 0.29) is 19.4 Å². The van der Waals surface area contributed by atoms with Crippen molar-refractivity contribution in [2.24, 2.45) is 0 Å². The Morgan fingerprint density at radius 2 is 2.16 bits per heavy atom. The van der Waals surface area contributed by atoms with Crippen molar-refractivity contribution in [2.45, 2.75) is 12.8 Å². The van der Waals surface area contributed by atoms with Crippen LogP contribution in [0.25, 0.3) is 11.3 Å². The van der Waals surface area contributed by atoms with E-state index < -0.39 is 17.8 Å². The summed E-state index contributed by atoms with van der Waals surface area (Å²) in [5.74, 6) is -0.101. The maximum atomic E-state index is 11.8. The second-order valence-electron chi connectivity index (χ2n) is 5.22. The quantitative estimate of drug-likeness (QED) is 0.770. The van der Waals surface area contributed by atoms with Gasteiger partial charge in [-0.25, -0.2) is 14.8 Å². The van der Waals surface area contributed by atoms with Crippen molar-refractivity contribution >= 4 is 41.0 Å². The summed E-state index contributed by atoms with van der Waals surface area (Å²) < 4.78 is 5.58. The van der Waals surface area contributed by atoms with E-state index in [2.05, 4.69) is 15.7 Å². The molecule has 2 N–H and O–H groups in total. The van der Waals surface area contributed by atoms with E-state index >= 15 is 0 Å². The number of carbonyl (C=O) groups is 3. The normalized spacial score (nSPS) is 13.9. The molecule has 0 saturated carbocycles. The van der Waals surface area contributed by atoms with E-state index in [1.165, 1.54) is 6.20 Å². The van der Waals surface area contributed by atoms with Gasteiger partial charge in [0.2, 0.25) is 11.8 Å². The minimum Gasteiger partial charge on any atom is -0.441 e. The lowest BCUT2D eigenvalue weighted by atomic mass is 10.2. The topological polar surface area (TPSA) is 105 Å². The molecule has 3 rings (SSSR count). The smallest absolute Gasteiger partial charge is 0.343 e. The third kappa shape index (κ3) is 4.09. The number of nitrogens with one attached hydrogen (secondary N) is 2. The van der Waals surface area contributed by atoms with Crippen LogP contribution in [0.2, 0.25) is 10.0 Å². The number of hydrogen-bond acceptors (Lipinski definition) is 5. The second-order valence-corrected chi connectivity index (χ2v) is 6.06. The molecule has 0 spiro atoms. The van der Waals surface area contributed by atoms with Crippen LogP contribution in [-0.4, -0.2) is 34.4 Å². The molecule has 1 aliphatic heterocycles. The second kappa shape index (κ2) is 7.12. The van der Waals surface area contributed by atoms with E-state index in [0.717, 1.165) is 5.01 Å². The number of nitrogens with zero attached hydrogens (tertiary/aromatic N) is 2. The number of imide groups is 1. The molecule has 2 heterocycles. The first kappa shape index (κ1) is 17.2. The third-order valence-electron chi connectivity index (χ3n) is 3.37. The zero-order chi connectivity index (χ0) is 18.0. The Hall–Kier alpha value is -2.58. The predicted molar refractivity (Wildman–Crippen MR) is 88.7 cm³/mol. The van der Waals surface area contributed by atoms with Gasteiger partial charge in [-0.05, 0) is 18.2 Å². The minimum atomic E-state index is -0.658. The van der Waals surface area contributed by atoms with Crippen molar-refractivity contribution in [1.82, 2.24) is 20.7 Å². The summed E-state index contributed by atoms with van der Waals surface area (Å²) in [5.41, 5.74) is 2.98. The number of halogens is 2. The number of hydrazine groups is 1. The Labute approximate surface area is 152 Å². The summed E-state index contributed by atoms with van der Waals surface area (Å²) in [7, 11) is 0. The Balaban J connectivity index is 1.57. The zero-order valence-electron chi connectivity index (χ0n) is 12.7. The fourth-order valence-corrected chi connectivity index (χ4v) is 2.70. The third-order valence-corrected chi connectivity index (χ3v) is 3.92. The van der Waals surface area contributed by atoms with Gasteiger partial charge in [0.15, 0.2) is 11.7 Å². The van der Waals surface area contributed by atoms with Crippen molar-refractivity contribution in [3.05, 3.63) is 40.3 Å². The van der Waals surface area contributed by atoms with E-state index in [0.29, 0.717) is 27.3 Å². The standard InChI is InChI=1S/C15H12Cl2N4O4/c16-8-1-2-9(10(17)5-8)11-6-18-14(25-11)4-3-12(22)20-21-7-13(23)19-15(21)24/h1-2,5-6H,3-4,7H2,(H,20,22)(H,19,23,24). The number of aryl methyl sites for hydroxylation is 1. The van der Waals surface area contributed by atoms with Gasteiger partial charge in [0.1, 0.15) is 6.54 Å². The lowest BCUT2D eigenvalue weighted by Crippen LogP contribution is -2.44. The molecule has 0 atom stereocenters. The predicted octanol–water partition coefficient (Wildman–Crippen LogP) is 2.16. The van der Waals surface area contributed by atoms with Crippen LogP contribution in [-0.2, 0) is 16.0 Å². The summed E-state index contributed by atoms with van der Waals surface area (Å²) in [6.07, 6.45) is 1.77. The summed E-state index contributed by atoms with van der Waals surface area (Å²) in [6, 6.07) is 4.33. The first-order chi connectivity index (χ1) is 11.9. The van der Waals surface area contributed by atoms with Gasteiger partial charge in [0.25, 0.3) is 0 Å². The monoisotopic (exact) mass is 382 g/mol. The van der Waals surface area contributed by atoms with Gasteiger partial charge < -0.3 is 4.42 Å². The highest BCUT2D eigenvalue weighted by Crippen LogP contribution is 2.30. The maximum absolute atomic E-state index is 11.8. The molecule has 0 aliphatic carbocycles. The highest BCUT2D eigenvalue weighted by atomic mass is 35.5. The molecule has 25 heavy (non-hydrogen) atoms. The minimum absolute atomic E-state index is 0.0340. The van der Waals surface area contributed by atoms with Crippen LogP contribution in [0.1, 0.15) is 12.3 Å². The molecule has 4 amide bonds. The van der Waals surface area contributed by atoms with E-state index in [1.54, 1.807) is 18.2 Å². The molecule has 1 fully saturated rings. The molecule has 130 valence electrons. The Kier molecular flexibility index (Phi) is 4.91. The number of hydrogen-bond donors (Lipinski definition) is 2. The molecular weight excluding hydrogens is 371 g/mol. The van der Waals surface area contributed by atoms with Crippen LogP contribution in [0.15, 0.2) is 28.8 Å². The highest BCUT2D eigenvalue weighted by Gasteiger charge is 2.28. The largest absolute Gasteiger partial charge is 0.441 e. The van der Waals surface area contributed by atoms with Gasteiger partial charge in [-0.3, -0.25) is 20.3 Å². The molecule has 1 saturated heterocycles. The van der Waals surface area contributed by atoms with Gasteiger partial charge >= 0.3 is 6.03 Å². The first-order valence-corrected chi connectivity index (χ1v) is 7.99. The number of aromatic nitrogens is 1. The van der Waals surface area contributed by atoms with Crippen molar-refractivity contribution < 1.29 is 18.8 Å². The Bertz CT molecular complexity index is 852. The van der Waals surface area contributed by atoms with Crippen LogP contribution in [0.5, 0.6) is 0 Å². The van der Waals surface area contributed by atoms with E-state index in [4.69, 9.17) is 27.6 Å². The van der Waals surface area contributed by atoms with Crippen molar-refractivity contribution in [3.8, 4) is 11.3 Å². The van der Waals surface area contributed by atoms with Gasteiger partial charge in [-0.15, -0.1) is 0 Å². The first-order valence-electron chi connectivity index (χ1n) is 7.23. The molecule has 0 bridgehead atoms. The molecule has 10 heteroatoms. The summed E-state index contributed by atoms with van der Waals surface area (Å²) in [4.78, 5) is 38.3. The number of rotatable bonds is 5. The van der Waals surface area contributed by atoms with Gasteiger partial charge in [0.05, 0.1) is 11.2 Å². The lowest BCUT2D eigenvalue weighted by Gasteiger charge is -2.13. The summed E-state index contributed by atoms with van der Waals surface area (Å²) >= 11 is 12.0. The van der Waals surface area contributed by atoms with E-state index in [9.17, 15) is 14.4 Å². The van der Waals surface area contributed by atoms with Crippen LogP contribution in [0.3, 0.4) is 0 Å². The molecule has 1 aromatic carbocycles. The van der Waals surface area contributed by atoms with Crippen molar-refractivity contribution in [3.63, 3.8) is 0 Å². The molecule has 2 aromatic rings. The Morgan fingerprint density at radius 1 is 1.36 bits per heavy atom. The van der Waals surface area contributed by atoms with Crippen molar-refractivity contribution in [2.75, 3.05) is 6.54 Å². The van der Waals surface area contributed by atoms with Gasteiger partial charge in [-0.2, -0.15) is 0 Å². The van der Waals surface area contributed by atoms with E-state index in [1.807, 2.05) is 0 Å². The number of amides is 4. The van der Waals surface area contributed by atoms with Crippen molar-refractivity contribution in [1.29, 1.82) is 0 Å². The fourth-order valence-electron chi connectivity index (χ4n) is 2.20. The lowest BCUT2D eigenvalue weighted by molar-refractivity contribution is -0.125. The average Bonchev–Trinajstić information content (AvgIpc) is 3.12. The number of carbonyl (C=O) groups excluding carboxylic acids is 3. The van der Waals surface area contributed by atoms with Gasteiger partial charge in [0, 0.05) is 23.4 Å². The maximum Gasteiger partial charge on any atom is 0.343 e. The van der Waals surface area contributed by atoms with Crippen LogP contribution >= 0.6 is 23.2 Å². The number of urea groups is 1. The molecule has 1 aromatic heterocycles. The average molecular weight is 383 g/mol. The van der Waals surface area contributed by atoms with Gasteiger partial charge in [-0.1, -0.05) is 23.2 Å². The highest BCUT2D eigenvalue weighted by molar-refractivity contribution is 6.36. The van der Waals surface area contributed by atoms with Crippen LogP contribution in [0, 0.1) is 0 Å². The number of benzene rings is 1. The summed E-state index contributed by atoms with van der Waals surface area (Å²) in [5, 5.41) is 3.91. The molecule has 1 aliphatic rings. The van der Waals surface area contributed by atoms with Crippen LogP contribution < -0.4 is 10.7 Å². The molecule has 8 nitrogen and oxygen atoms in total. The summed E-state index contributed by atoms with van der Waals surface area (Å²) in [6.45, 7) is -0.206. The molecule has 0 radical (unpaired) electrons. The fraction of sp³-hybridized carbons (Fsp3) is 0.200.